The molecule has 0 radical (unpaired) electrons. The minimum atomic E-state index is -2.71. The van der Waals surface area contributed by atoms with E-state index in [4.69, 9.17) is 9.47 Å². The summed E-state index contributed by atoms with van der Waals surface area (Å²) in [5, 5.41) is 14.0. The molecule has 0 aliphatic heterocycles. The summed E-state index contributed by atoms with van der Waals surface area (Å²) in [6.07, 6.45) is 1.60. The molecule has 0 unspecified atom stereocenters. The van der Waals surface area contributed by atoms with E-state index in [1.54, 1.807) is 29.1 Å². The van der Waals surface area contributed by atoms with Gasteiger partial charge >= 0.3 is 0 Å². The van der Waals surface area contributed by atoms with Crippen molar-refractivity contribution in [1.82, 2.24) is 19.6 Å². The van der Waals surface area contributed by atoms with Gasteiger partial charge in [0.1, 0.15) is 18.0 Å². The molecule has 9 nitrogen and oxygen atoms in total. The van der Waals surface area contributed by atoms with Crippen molar-refractivity contribution in [2.45, 2.75) is 6.43 Å². The first-order chi connectivity index (χ1) is 17.5. The van der Waals surface area contributed by atoms with Crippen molar-refractivity contribution in [2.24, 2.45) is 5.10 Å². The number of aromatic nitrogens is 4. The Balaban J connectivity index is 1.90. The molecular formula is C25H22F2N6O3. The molecule has 2 heterocycles. The summed E-state index contributed by atoms with van der Waals surface area (Å²) >= 11 is 0. The summed E-state index contributed by atoms with van der Waals surface area (Å²) in [6, 6.07) is 15.6. The molecule has 4 aromatic rings. The zero-order chi connectivity index (χ0) is 25.7. The number of rotatable bonds is 10. The Bertz CT molecular complexity index is 1430. The molecule has 0 spiro atoms. The molecular weight excluding hydrogens is 470 g/mol. The van der Waals surface area contributed by atoms with Gasteiger partial charge in [0.2, 0.25) is 0 Å². The fourth-order valence-corrected chi connectivity index (χ4v) is 3.51. The number of hydrazone groups is 1. The molecule has 0 saturated carbocycles. The molecule has 0 bridgehead atoms. The molecule has 0 amide bonds. The number of ether oxygens (including phenoxy) is 2. The van der Waals surface area contributed by atoms with Crippen molar-refractivity contribution in [3.63, 3.8) is 0 Å². The molecule has 0 N–H and O–H groups in total. The third-order valence-electron chi connectivity index (χ3n) is 5.14. The standard InChI is InChI=1S/C25H22F2N6O3/c1-4-31(28-2)18-10-11-19(21(14-18)36-16-23(26)27)32-15-22(35-3)25(34)24(30-32)20-12-13-29-33(20)17-8-6-5-7-9-17/h4-15,23H,1-2,16H2,3H3. The van der Waals surface area contributed by atoms with Gasteiger partial charge in [-0.2, -0.15) is 15.3 Å². The van der Waals surface area contributed by atoms with E-state index in [1.165, 1.54) is 35.3 Å². The normalized spacial score (nSPS) is 10.8. The highest BCUT2D eigenvalue weighted by Gasteiger charge is 2.20. The average molecular weight is 492 g/mol. The van der Waals surface area contributed by atoms with Gasteiger partial charge in [-0.05, 0) is 30.3 Å². The second kappa shape index (κ2) is 10.6. The molecule has 0 aliphatic carbocycles. The Morgan fingerprint density at radius 2 is 1.94 bits per heavy atom. The minimum absolute atomic E-state index is 0.00910. The summed E-state index contributed by atoms with van der Waals surface area (Å²) in [5.41, 5.74) is 1.48. The fraction of sp³-hybridized carbons (Fsp3) is 0.120. The van der Waals surface area contributed by atoms with Crippen LogP contribution in [0.3, 0.4) is 0 Å². The van der Waals surface area contributed by atoms with Crippen LogP contribution in [0.25, 0.3) is 22.8 Å². The topological polar surface area (TPSA) is 86.8 Å². The van der Waals surface area contributed by atoms with E-state index in [9.17, 15) is 13.6 Å². The van der Waals surface area contributed by atoms with Gasteiger partial charge in [0.25, 0.3) is 11.9 Å². The highest BCUT2D eigenvalue weighted by molar-refractivity contribution is 5.63. The molecule has 2 aromatic carbocycles. The lowest BCUT2D eigenvalue weighted by atomic mass is 10.2. The predicted octanol–water partition coefficient (Wildman–Crippen LogP) is 4.30. The Labute approximate surface area is 205 Å². The molecule has 0 saturated heterocycles. The summed E-state index contributed by atoms with van der Waals surface area (Å²) in [4.78, 5) is 13.2. The lowest BCUT2D eigenvalue weighted by molar-refractivity contribution is 0.0818. The second-order valence-corrected chi connectivity index (χ2v) is 7.31. The summed E-state index contributed by atoms with van der Waals surface area (Å²) < 4.78 is 39.6. The van der Waals surface area contributed by atoms with Crippen LogP contribution in [-0.2, 0) is 0 Å². The van der Waals surface area contributed by atoms with Crippen LogP contribution in [0.5, 0.6) is 11.5 Å². The number of anilines is 1. The first kappa shape index (κ1) is 24.3. The molecule has 2 aromatic heterocycles. The van der Waals surface area contributed by atoms with Crippen LogP contribution in [0.1, 0.15) is 0 Å². The molecule has 11 heteroatoms. The quantitative estimate of drug-likeness (QED) is 0.242. The van der Waals surface area contributed by atoms with Gasteiger partial charge in [-0.15, -0.1) is 0 Å². The van der Waals surface area contributed by atoms with Gasteiger partial charge in [-0.25, -0.2) is 23.2 Å². The van der Waals surface area contributed by atoms with E-state index < -0.39 is 18.5 Å². The van der Waals surface area contributed by atoms with Crippen molar-refractivity contribution in [2.75, 3.05) is 18.7 Å². The van der Waals surface area contributed by atoms with Crippen molar-refractivity contribution < 1.29 is 18.3 Å². The third-order valence-corrected chi connectivity index (χ3v) is 5.14. The third kappa shape index (κ3) is 4.85. The van der Waals surface area contributed by atoms with Crippen molar-refractivity contribution in [3.8, 4) is 34.3 Å². The Kier molecular flexibility index (Phi) is 7.19. The van der Waals surface area contributed by atoms with Gasteiger partial charge in [-0.3, -0.25) is 4.79 Å². The maximum absolute atomic E-state index is 13.2. The first-order valence-corrected chi connectivity index (χ1v) is 10.7. The van der Waals surface area contributed by atoms with Crippen LogP contribution in [0.4, 0.5) is 14.5 Å². The lowest BCUT2D eigenvalue weighted by Crippen LogP contribution is -2.18. The number of hydrogen-bond acceptors (Lipinski definition) is 7. The van der Waals surface area contributed by atoms with E-state index in [0.29, 0.717) is 11.4 Å². The highest BCUT2D eigenvalue weighted by Crippen LogP contribution is 2.30. The Morgan fingerprint density at radius 1 is 1.17 bits per heavy atom. The van der Waals surface area contributed by atoms with Gasteiger partial charge in [0.05, 0.1) is 36.6 Å². The van der Waals surface area contributed by atoms with E-state index in [1.807, 2.05) is 30.3 Å². The number of hydrogen-bond donors (Lipinski definition) is 0. The molecule has 0 fully saturated rings. The van der Waals surface area contributed by atoms with Crippen LogP contribution in [0, 0.1) is 0 Å². The van der Waals surface area contributed by atoms with Gasteiger partial charge in [-0.1, -0.05) is 24.8 Å². The fourth-order valence-electron chi connectivity index (χ4n) is 3.51. The average Bonchev–Trinajstić information content (AvgIpc) is 3.39. The van der Waals surface area contributed by atoms with Gasteiger partial charge in [0, 0.05) is 19.0 Å². The minimum Gasteiger partial charge on any atom is -0.491 e. The zero-order valence-corrected chi connectivity index (χ0v) is 19.3. The lowest BCUT2D eigenvalue weighted by Gasteiger charge is -2.18. The number of methoxy groups -OCH3 is 1. The van der Waals surface area contributed by atoms with E-state index in [0.717, 1.165) is 5.69 Å². The van der Waals surface area contributed by atoms with E-state index in [2.05, 4.69) is 28.6 Å². The number of alkyl halides is 2. The van der Waals surface area contributed by atoms with Crippen LogP contribution in [0.15, 0.2) is 89.7 Å². The molecule has 4 rings (SSSR count). The Hall–Kier alpha value is -4.80. The molecule has 36 heavy (non-hydrogen) atoms. The van der Waals surface area contributed by atoms with E-state index >= 15 is 0 Å². The first-order valence-electron chi connectivity index (χ1n) is 10.7. The SMILES string of the molecule is C=CN(N=C)c1ccc(-n2cc(OC)c(=O)c(-c3ccnn3-c3ccccc3)n2)c(OCC(F)F)c1. The number of halogens is 2. The number of nitrogens with zero attached hydrogens (tertiary/aromatic N) is 6. The highest BCUT2D eigenvalue weighted by atomic mass is 19.3. The van der Waals surface area contributed by atoms with Crippen LogP contribution >= 0.6 is 0 Å². The maximum Gasteiger partial charge on any atom is 0.272 e. The maximum atomic E-state index is 13.2. The molecule has 0 atom stereocenters. The monoisotopic (exact) mass is 492 g/mol. The van der Waals surface area contributed by atoms with Crippen LogP contribution < -0.4 is 19.9 Å². The Morgan fingerprint density at radius 3 is 2.61 bits per heavy atom. The molecule has 184 valence electrons. The van der Waals surface area contributed by atoms with Crippen molar-refractivity contribution in [3.05, 3.63) is 90.0 Å². The van der Waals surface area contributed by atoms with Crippen LogP contribution in [0.2, 0.25) is 0 Å². The number of benzene rings is 2. The van der Waals surface area contributed by atoms with Crippen molar-refractivity contribution in [1.29, 1.82) is 0 Å². The largest absolute Gasteiger partial charge is 0.491 e. The summed E-state index contributed by atoms with van der Waals surface area (Å²) in [7, 11) is 1.36. The predicted molar refractivity (Wildman–Crippen MR) is 133 cm³/mol. The number of para-hydroxylation sites is 1. The summed E-state index contributed by atoms with van der Waals surface area (Å²) in [6.45, 7) is 6.27. The van der Waals surface area contributed by atoms with Crippen molar-refractivity contribution >= 4 is 12.4 Å². The van der Waals surface area contributed by atoms with Gasteiger partial charge < -0.3 is 9.47 Å². The smallest absolute Gasteiger partial charge is 0.272 e. The zero-order valence-electron chi connectivity index (χ0n) is 19.3. The van der Waals surface area contributed by atoms with Crippen LogP contribution in [-0.4, -0.2) is 46.4 Å². The second-order valence-electron chi connectivity index (χ2n) is 7.31. The molecule has 0 aliphatic rings. The summed E-state index contributed by atoms with van der Waals surface area (Å²) in [5.74, 6) is 0.0641. The van der Waals surface area contributed by atoms with E-state index in [-0.39, 0.29) is 22.9 Å². The van der Waals surface area contributed by atoms with Gasteiger partial charge in [0.15, 0.2) is 11.4 Å².